The number of H-pyrrole nitrogens is 2. The van der Waals surface area contributed by atoms with E-state index in [-0.39, 0.29) is 6.54 Å². The lowest BCUT2D eigenvalue weighted by atomic mass is 10.1. The van der Waals surface area contributed by atoms with Crippen LogP contribution in [0.4, 0.5) is 0 Å². The molecule has 10 heteroatoms. The summed E-state index contributed by atoms with van der Waals surface area (Å²) in [4.78, 5) is 25.9. The predicted octanol–water partition coefficient (Wildman–Crippen LogP) is -0.399. The van der Waals surface area contributed by atoms with Crippen molar-refractivity contribution in [3.05, 3.63) is 50.8 Å². The van der Waals surface area contributed by atoms with Gasteiger partial charge < -0.3 is 14.5 Å². The number of aromatic nitrogens is 2. The minimum absolute atomic E-state index is 0.0659. The topological polar surface area (TPSA) is 130 Å². The Morgan fingerprint density at radius 2 is 1.83 bits per heavy atom. The van der Waals surface area contributed by atoms with E-state index in [1.54, 1.807) is 18.2 Å². The Bertz CT molecular complexity index is 932. The van der Waals surface area contributed by atoms with Crippen LogP contribution in [0, 0.1) is 0 Å². The van der Waals surface area contributed by atoms with Crippen molar-refractivity contribution in [3.63, 3.8) is 0 Å². The normalized spacial score (nSPS) is 11.2. The summed E-state index contributed by atoms with van der Waals surface area (Å²) in [6.45, 7) is 0.0659. The maximum absolute atomic E-state index is 12.1. The van der Waals surface area contributed by atoms with Gasteiger partial charge in [0, 0.05) is 12.7 Å². The molecule has 0 radical (unpaired) electrons. The van der Waals surface area contributed by atoms with Gasteiger partial charge in [-0.3, -0.25) is 9.78 Å². The Morgan fingerprint density at radius 3 is 2.46 bits per heavy atom. The van der Waals surface area contributed by atoms with Crippen molar-refractivity contribution in [2.24, 2.45) is 0 Å². The highest BCUT2D eigenvalue weighted by Crippen LogP contribution is 2.27. The zero-order chi connectivity index (χ0) is 17.7. The van der Waals surface area contributed by atoms with Crippen LogP contribution in [0.15, 0.2) is 38.9 Å². The Morgan fingerprint density at radius 1 is 1.12 bits per heavy atom. The fourth-order valence-corrected chi connectivity index (χ4v) is 3.08. The number of aromatic amines is 2. The third kappa shape index (κ3) is 4.03. The summed E-state index contributed by atoms with van der Waals surface area (Å²) < 4.78 is 36.8. The monoisotopic (exact) mass is 355 g/mol. The fourth-order valence-electron chi connectivity index (χ4n) is 2.04. The Kier molecular flexibility index (Phi) is 5.42. The lowest BCUT2D eigenvalue weighted by molar-refractivity contribution is 0.354. The minimum atomic E-state index is -4.03. The van der Waals surface area contributed by atoms with Gasteiger partial charge in [-0.25, -0.2) is 17.9 Å². The summed E-state index contributed by atoms with van der Waals surface area (Å²) in [5.74, 6) is 1.11. The van der Waals surface area contributed by atoms with Crippen molar-refractivity contribution in [3.8, 4) is 11.5 Å². The predicted molar refractivity (Wildman–Crippen MR) is 86.1 cm³/mol. The van der Waals surface area contributed by atoms with Gasteiger partial charge in [0.1, 0.15) is 0 Å². The van der Waals surface area contributed by atoms with Gasteiger partial charge in [0.15, 0.2) is 16.4 Å². The van der Waals surface area contributed by atoms with Crippen LogP contribution in [0.2, 0.25) is 0 Å². The Hall–Kier alpha value is -2.59. The number of hydrogen-bond donors (Lipinski definition) is 3. The summed E-state index contributed by atoms with van der Waals surface area (Å²) in [5.41, 5.74) is -0.924. The molecule has 9 nitrogen and oxygen atoms in total. The second kappa shape index (κ2) is 7.32. The van der Waals surface area contributed by atoms with E-state index in [9.17, 15) is 18.0 Å². The lowest BCUT2D eigenvalue weighted by Gasteiger charge is -2.10. The maximum Gasteiger partial charge on any atom is 0.325 e. The highest BCUT2D eigenvalue weighted by molar-refractivity contribution is 7.89. The number of hydrogen-bond acceptors (Lipinski definition) is 6. The smallest absolute Gasteiger partial charge is 0.325 e. The largest absolute Gasteiger partial charge is 0.493 e. The zero-order valence-corrected chi connectivity index (χ0v) is 13.9. The first-order valence-corrected chi connectivity index (χ1v) is 8.38. The van der Waals surface area contributed by atoms with Crippen LogP contribution in [0.5, 0.6) is 11.5 Å². The molecule has 0 amide bonds. The van der Waals surface area contributed by atoms with Crippen molar-refractivity contribution < 1.29 is 17.9 Å². The molecule has 24 heavy (non-hydrogen) atoms. The van der Waals surface area contributed by atoms with Crippen molar-refractivity contribution in [2.45, 2.75) is 11.3 Å². The summed E-state index contributed by atoms with van der Waals surface area (Å²) in [6, 6.07) is 5.23. The second-order valence-corrected chi connectivity index (χ2v) is 6.51. The van der Waals surface area contributed by atoms with Crippen LogP contribution in [0.25, 0.3) is 0 Å². The van der Waals surface area contributed by atoms with Gasteiger partial charge in [0.2, 0.25) is 10.0 Å². The van der Waals surface area contributed by atoms with Gasteiger partial charge in [0.05, 0.1) is 14.2 Å². The number of ether oxygens (including phenoxy) is 2. The quantitative estimate of drug-likeness (QED) is 0.620. The molecule has 0 aliphatic heterocycles. The first kappa shape index (κ1) is 17.8. The fraction of sp³-hybridized carbons (Fsp3) is 0.286. The zero-order valence-electron chi connectivity index (χ0n) is 13.1. The summed E-state index contributed by atoms with van der Waals surface area (Å²) in [7, 11) is -0.998. The van der Waals surface area contributed by atoms with E-state index in [0.29, 0.717) is 17.9 Å². The molecule has 1 aromatic carbocycles. The average molecular weight is 355 g/mol. The molecule has 0 aliphatic rings. The van der Waals surface area contributed by atoms with Crippen molar-refractivity contribution >= 4 is 10.0 Å². The van der Waals surface area contributed by atoms with Crippen LogP contribution >= 0.6 is 0 Å². The summed E-state index contributed by atoms with van der Waals surface area (Å²) in [5, 5.41) is 0. The lowest BCUT2D eigenvalue weighted by Crippen LogP contribution is -2.33. The SMILES string of the molecule is COc1ccc(CCNS(=O)(=O)c2c[nH]c(=O)[nH]c2=O)cc1OC. The molecule has 0 atom stereocenters. The molecule has 1 aromatic heterocycles. The van der Waals surface area contributed by atoms with E-state index in [1.165, 1.54) is 14.2 Å². The number of benzene rings is 1. The summed E-state index contributed by atoms with van der Waals surface area (Å²) >= 11 is 0. The second-order valence-electron chi connectivity index (χ2n) is 4.77. The third-order valence-electron chi connectivity index (χ3n) is 3.23. The van der Waals surface area contributed by atoms with Crippen molar-refractivity contribution in [2.75, 3.05) is 20.8 Å². The molecule has 0 bridgehead atoms. The van der Waals surface area contributed by atoms with Crippen LogP contribution in [0.1, 0.15) is 5.56 Å². The van der Waals surface area contributed by atoms with Crippen molar-refractivity contribution in [1.82, 2.24) is 14.7 Å². The maximum atomic E-state index is 12.1. The van der Waals surface area contributed by atoms with Gasteiger partial charge in [-0.1, -0.05) is 6.07 Å². The molecule has 0 fully saturated rings. The molecule has 3 N–H and O–H groups in total. The van der Waals surface area contributed by atoms with Gasteiger partial charge in [-0.2, -0.15) is 0 Å². The molecule has 0 saturated carbocycles. The minimum Gasteiger partial charge on any atom is -0.493 e. The van der Waals surface area contributed by atoms with Gasteiger partial charge >= 0.3 is 5.69 Å². The third-order valence-corrected chi connectivity index (χ3v) is 4.69. The number of rotatable bonds is 7. The van der Waals surface area contributed by atoms with E-state index < -0.39 is 26.2 Å². The van der Waals surface area contributed by atoms with Crippen LogP contribution in [0.3, 0.4) is 0 Å². The average Bonchev–Trinajstić information content (AvgIpc) is 2.54. The van der Waals surface area contributed by atoms with E-state index in [0.717, 1.165) is 11.8 Å². The first-order valence-electron chi connectivity index (χ1n) is 6.90. The molecule has 130 valence electrons. The van der Waals surface area contributed by atoms with Gasteiger partial charge in [-0.05, 0) is 24.1 Å². The molecular formula is C14H17N3O6S. The van der Waals surface area contributed by atoms with Gasteiger partial charge in [-0.15, -0.1) is 0 Å². The van der Waals surface area contributed by atoms with Crippen LogP contribution in [-0.2, 0) is 16.4 Å². The first-order chi connectivity index (χ1) is 11.4. The molecule has 0 saturated heterocycles. The number of nitrogens with one attached hydrogen (secondary N) is 3. The number of methoxy groups -OCH3 is 2. The van der Waals surface area contributed by atoms with E-state index in [4.69, 9.17) is 9.47 Å². The summed E-state index contributed by atoms with van der Waals surface area (Å²) in [6.07, 6.45) is 1.24. The molecule has 0 unspecified atom stereocenters. The molecule has 0 spiro atoms. The van der Waals surface area contributed by atoms with Crippen molar-refractivity contribution in [1.29, 1.82) is 0 Å². The highest BCUT2D eigenvalue weighted by Gasteiger charge is 2.18. The standard InChI is InChI=1S/C14H17N3O6S/c1-22-10-4-3-9(7-11(10)23-2)5-6-16-24(20,21)12-8-15-14(19)17-13(12)18/h3-4,7-8,16H,5-6H2,1-2H3,(H2,15,17,18,19). The van der Waals surface area contributed by atoms with E-state index in [2.05, 4.69) is 9.71 Å². The van der Waals surface area contributed by atoms with E-state index in [1.807, 2.05) is 4.98 Å². The molecule has 2 rings (SSSR count). The molecule has 2 aromatic rings. The Labute approximate surface area is 137 Å². The Balaban J connectivity index is 2.08. The van der Waals surface area contributed by atoms with Crippen LogP contribution < -0.4 is 25.4 Å². The molecule has 1 heterocycles. The van der Waals surface area contributed by atoms with E-state index >= 15 is 0 Å². The molecule has 0 aliphatic carbocycles. The number of sulfonamides is 1. The highest BCUT2D eigenvalue weighted by atomic mass is 32.2. The van der Waals surface area contributed by atoms with Gasteiger partial charge in [0.25, 0.3) is 5.56 Å². The van der Waals surface area contributed by atoms with Crippen LogP contribution in [-0.4, -0.2) is 39.2 Å². The molecular weight excluding hydrogens is 338 g/mol.